The van der Waals surface area contributed by atoms with Crippen LogP contribution in [0.2, 0.25) is 0 Å². The Balaban J connectivity index is 2.20. The average molecular weight is 274 g/mol. The molecule has 0 spiro atoms. The van der Waals surface area contributed by atoms with Gasteiger partial charge in [0.15, 0.2) is 5.82 Å². The predicted molar refractivity (Wildman–Crippen MR) is 73.3 cm³/mol. The summed E-state index contributed by atoms with van der Waals surface area (Å²) in [5.74, 6) is -0.723. The van der Waals surface area contributed by atoms with Crippen LogP contribution in [0.5, 0.6) is 0 Å². The van der Waals surface area contributed by atoms with E-state index < -0.39 is 11.9 Å². The number of carbonyl (C=O) groups is 1. The van der Waals surface area contributed by atoms with Gasteiger partial charge in [-0.15, -0.1) is 5.10 Å². The molecule has 0 saturated heterocycles. The average Bonchev–Trinajstić information content (AvgIpc) is 2.87. The van der Waals surface area contributed by atoms with Crippen molar-refractivity contribution in [3.8, 4) is 0 Å². The molecule has 0 fully saturated rings. The van der Waals surface area contributed by atoms with Crippen molar-refractivity contribution in [2.45, 2.75) is 33.2 Å². The first-order chi connectivity index (χ1) is 9.49. The lowest BCUT2D eigenvalue weighted by atomic mass is 10.0. The standard InChI is InChI=1S/C14H18N4O2/c1-9-4-6-12(7-5-9)8-13-15-16-17-18(13)11(3)10(2)14(19)20/h4-7,10-11H,8H2,1-3H3,(H,19,20). The minimum absolute atomic E-state index is 0.289. The maximum absolute atomic E-state index is 11.1. The second-order valence-electron chi connectivity index (χ2n) is 5.07. The van der Waals surface area contributed by atoms with E-state index in [1.807, 2.05) is 38.1 Å². The van der Waals surface area contributed by atoms with Gasteiger partial charge in [0, 0.05) is 6.42 Å². The molecule has 20 heavy (non-hydrogen) atoms. The van der Waals surface area contributed by atoms with Crippen LogP contribution in [0.25, 0.3) is 0 Å². The third-order valence-electron chi connectivity index (χ3n) is 3.54. The Morgan fingerprint density at radius 3 is 2.55 bits per heavy atom. The van der Waals surface area contributed by atoms with Crippen molar-refractivity contribution in [3.63, 3.8) is 0 Å². The molecule has 106 valence electrons. The molecule has 6 heteroatoms. The SMILES string of the molecule is Cc1ccc(Cc2nnnn2C(C)C(C)C(=O)O)cc1. The van der Waals surface area contributed by atoms with E-state index in [0.717, 1.165) is 5.56 Å². The molecule has 1 heterocycles. The van der Waals surface area contributed by atoms with Crippen molar-refractivity contribution in [1.29, 1.82) is 0 Å². The second kappa shape index (κ2) is 5.81. The summed E-state index contributed by atoms with van der Waals surface area (Å²) in [6.45, 7) is 5.50. The molecule has 1 N–H and O–H groups in total. The predicted octanol–water partition coefficient (Wildman–Crippen LogP) is 1.85. The van der Waals surface area contributed by atoms with Gasteiger partial charge in [-0.2, -0.15) is 0 Å². The number of aromatic nitrogens is 4. The van der Waals surface area contributed by atoms with E-state index in [0.29, 0.717) is 12.2 Å². The normalized spacial score (nSPS) is 13.9. The lowest BCUT2D eigenvalue weighted by Gasteiger charge is -2.17. The van der Waals surface area contributed by atoms with Gasteiger partial charge in [0.2, 0.25) is 0 Å². The fraction of sp³-hybridized carbons (Fsp3) is 0.429. The highest BCUT2D eigenvalue weighted by Crippen LogP contribution is 2.19. The number of nitrogens with zero attached hydrogens (tertiary/aromatic N) is 4. The summed E-state index contributed by atoms with van der Waals surface area (Å²) in [4.78, 5) is 11.1. The minimum Gasteiger partial charge on any atom is -0.481 e. The molecule has 2 unspecified atom stereocenters. The van der Waals surface area contributed by atoms with Crippen LogP contribution in [0.3, 0.4) is 0 Å². The minimum atomic E-state index is -0.853. The lowest BCUT2D eigenvalue weighted by Crippen LogP contribution is -2.24. The fourth-order valence-corrected chi connectivity index (χ4v) is 1.95. The highest BCUT2D eigenvalue weighted by atomic mass is 16.4. The van der Waals surface area contributed by atoms with Gasteiger partial charge >= 0.3 is 5.97 Å². The molecular formula is C14H18N4O2. The summed E-state index contributed by atoms with van der Waals surface area (Å²) in [7, 11) is 0. The van der Waals surface area contributed by atoms with Gasteiger partial charge in [0.25, 0.3) is 0 Å². The van der Waals surface area contributed by atoms with E-state index in [2.05, 4.69) is 15.5 Å². The molecule has 0 aliphatic carbocycles. The lowest BCUT2D eigenvalue weighted by molar-refractivity contribution is -0.142. The number of tetrazole rings is 1. The number of carboxylic acids is 1. The first-order valence-electron chi connectivity index (χ1n) is 6.54. The monoisotopic (exact) mass is 274 g/mol. The van der Waals surface area contributed by atoms with Gasteiger partial charge in [0.05, 0.1) is 12.0 Å². The molecule has 1 aromatic carbocycles. The zero-order valence-corrected chi connectivity index (χ0v) is 11.8. The molecule has 0 aliphatic heterocycles. The van der Waals surface area contributed by atoms with Crippen LogP contribution in [0, 0.1) is 12.8 Å². The Bertz CT molecular complexity index is 591. The van der Waals surface area contributed by atoms with Gasteiger partial charge < -0.3 is 5.11 Å². The van der Waals surface area contributed by atoms with Crippen molar-refractivity contribution in [3.05, 3.63) is 41.2 Å². The topological polar surface area (TPSA) is 80.9 Å². The van der Waals surface area contributed by atoms with Gasteiger partial charge in [-0.05, 0) is 36.8 Å². The molecule has 0 saturated carbocycles. The number of rotatable bonds is 5. The highest BCUT2D eigenvalue weighted by Gasteiger charge is 2.24. The maximum atomic E-state index is 11.1. The second-order valence-corrected chi connectivity index (χ2v) is 5.07. The molecule has 1 aromatic heterocycles. The first kappa shape index (κ1) is 14.2. The van der Waals surface area contributed by atoms with Crippen LogP contribution in [-0.4, -0.2) is 31.3 Å². The summed E-state index contributed by atoms with van der Waals surface area (Å²) >= 11 is 0. The van der Waals surface area contributed by atoms with Crippen molar-refractivity contribution in [2.24, 2.45) is 5.92 Å². The Labute approximate surface area is 117 Å². The van der Waals surface area contributed by atoms with Gasteiger partial charge in [-0.1, -0.05) is 29.8 Å². The molecule has 0 radical (unpaired) electrons. The third kappa shape index (κ3) is 3.01. The quantitative estimate of drug-likeness (QED) is 0.900. The molecule has 2 atom stereocenters. The van der Waals surface area contributed by atoms with E-state index in [1.54, 1.807) is 11.6 Å². The van der Waals surface area contributed by atoms with Crippen LogP contribution in [0.4, 0.5) is 0 Å². The number of carboxylic acid groups (broad SMARTS) is 1. The summed E-state index contributed by atoms with van der Waals surface area (Å²) in [6, 6.07) is 7.83. The summed E-state index contributed by atoms with van der Waals surface area (Å²) in [6.07, 6.45) is 0.587. The summed E-state index contributed by atoms with van der Waals surface area (Å²) < 4.78 is 1.60. The number of aliphatic carboxylic acids is 1. The maximum Gasteiger partial charge on any atom is 0.308 e. The largest absolute Gasteiger partial charge is 0.481 e. The van der Waals surface area contributed by atoms with E-state index in [9.17, 15) is 4.79 Å². The Morgan fingerprint density at radius 1 is 1.30 bits per heavy atom. The smallest absolute Gasteiger partial charge is 0.308 e. The molecule has 0 bridgehead atoms. The highest BCUT2D eigenvalue weighted by molar-refractivity contribution is 5.70. The van der Waals surface area contributed by atoms with Crippen LogP contribution in [0.1, 0.15) is 36.8 Å². The zero-order valence-electron chi connectivity index (χ0n) is 11.8. The van der Waals surface area contributed by atoms with Gasteiger partial charge in [-0.25, -0.2) is 4.68 Å². The number of hydrogen-bond acceptors (Lipinski definition) is 4. The Hall–Kier alpha value is -2.24. The van der Waals surface area contributed by atoms with Gasteiger partial charge in [-0.3, -0.25) is 4.79 Å². The molecular weight excluding hydrogens is 256 g/mol. The summed E-state index contributed by atoms with van der Waals surface area (Å²) in [5, 5.41) is 20.7. The number of hydrogen-bond donors (Lipinski definition) is 1. The fourth-order valence-electron chi connectivity index (χ4n) is 1.95. The van der Waals surface area contributed by atoms with Crippen LogP contribution < -0.4 is 0 Å². The van der Waals surface area contributed by atoms with E-state index in [1.165, 1.54) is 5.56 Å². The molecule has 2 rings (SSSR count). The Morgan fingerprint density at radius 2 is 1.95 bits per heavy atom. The van der Waals surface area contributed by atoms with Crippen molar-refractivity contribution in [1.82, 2.24) is 20.2 Å². The van der Waals surface area contributed by atoms with Crippen molar-refractivity contribution >= 4 is 5.97 Å². The molecule has 0 aliphatic rings. The molecule has 0 amide bonds. The summed E-state index contributed by atoms with van der Waals surface area (Å²) in [5.41, 5.74) is 2.29. The van der Waals surface area contributed by atoms with E-state index in [4.69, 9.17) is 5.11 Å². The Kier molecular flexibility index (Phi) is 4.12. The van der Waals surface area contributed by atoms with Crippen LogP contribution in [0.15, 0.2) is 24.3 Å². The molecule has 2 aromatic rings. The van der Waals surface area contributed by atoms with Crippen molar-refractivity contribution in [2.75, 3.05) is 0 Å². The van der Waals surface area contributed by atoms with E-state index in [-0.39, 0.29) is 6.04 Å². The zero-order chi connectivity index (χ0) is 14.7. The number of aryl methyl sites for hydroxylation is 1. The van der Waals surface area contributed by atoms with Gasteiger partial charge in [0.1, 0.15) is 0 Å². The number of benzene rings is 1. The van der Waals surface area contributed by atoms with E-state index >= 15 is 0 Å². The first-order valence-corrected chi connectivity index (χ1v) is 6.54. The molecule has 6 nitrogen and oxygen atoms in total. The third-order valence-corrected chi connectivity index (χ3v) is 3.54. The van der Waals surface area contributed by atoms with Crippen LogP contribution >= 0.6 is 0 Å². The van der Waals surface area contributed by atoms with Crippen molar-refractivity contribution < 1.29 is 9.90 Å². The van der Waals surface area contributed by atoms with Crippen LogP contribution in [-0.2, 0) is 11.2 Å².